The fraction of sp³-hybridized carbons (Fsp3) is 0.182. The SMILES string of the molecule is COc1cc(C(=O)c2cccc(-c3ccc(C)cc3)n2)cc(OC)c1OC. The first-order valence-electron chi connectivity index (χ1n) is 8.46. The van der Waals surface area contributed by atoms with Crippen LogP contribution in [-0.4, -0.2) is 32.1 Å². The van der Waals surface area contributed by atoms with Gasteiger partial charge in [0.25, 0.3) is 0 Å². The van der Waals surface area contributed by atoms with Crippen molar-refractivity contribution in [1.29, 1.82) is 0 Å². The Hall–Kier alpha value is -3.34. The van der Waals surface area contributed by atoms with Crippen molar-refractivity contribution < 1.29 is 19.0 Å². The zero-order valence-electron chi connectivity index (χ0n) is 15.8. The predicted molar refractivity (Wildman–Crippen MR) is 104 cm³/mol. The third-order valence-electron chi connectivity index (χ3n) is 4.26. The number of methoxy groups -OCH3 is 3. The Morgan fingerprint density at radius 2 is 1.48 bits per heavy atom. The molecule has 0 atom stereocenters. The molecule has 27 heavy (non-hydrogen) atoms. The minimum atomic E-state index is -0.219. The summed E-state index contributed by atoms with van der Waals surface area (Å²) in [6.45, 7) is 2.03. The van der Waals surface area contributed by atoms with Crippen LogP contribution in [0.3, 0.4) is 0 Å². The number of hydrogen-bond donors (Lipinski definition) is 0. The molecule has 5 nitrogen and oxygen atoms in total. The predicted octanol–water partition coefficient (Wildman–Crippen LogP) is 4.31. The number of carbonyl (C=O) groups excluding carboxylic acids is 1. The summed E-state index contributed by atoms with van der Waals surface area (Å²) in [6, 6.07) is 16.7. The largest absolute Gasteiger partial charge is 0.493 e. The van der Waals surface area contributed by atoms with Crippen molar-refractivity contribution in [1.82, 2.24) is 4.98 Å². The Bertz CT molecular complexity index is 939. The van der Waals surface area contributed by atoms with E-state index in [0.29, 0.717) is 28.5 Å². The van der Waals surface area contributed by atoms with Crippen LogP contribution < -0.4 is 14.2 Å². The van der Waals surface area contributed by atoms with Crippen molar-refractivity contribution in [2.24, 2.45) is 0 Å². The van der Waals surface area contributed by atoms with Crippen molar-refractivity contribution in [3.8, 4) is 28.5 Å². The standard InChI is InChI=1S/C22H21NO4/c1-14-8-10-15(11-9-14)17-6-5-7-18(23-17)21(24)16-12-19(25-2)22(27-4)20(13-16)26-3/h5-13H,1-4H3. The lowest BCUT2D eigenvalue weighted by molar-refractivity contribution is 0.103. The van der Waals surface area contributed by atoms with Crippen LogP contribution in [0.2, 0.25) is 0 Å². The number of nitrogens with zero attached hydrogens (tertiary/aromatic N) is 1. The second kappa shape index (κ2) is 7.91. The number of hydrogen-bond acceptors (Lipinski definition) is 5. The molecule has 3 rings (SSSR count). The molecule has 0 fully saturated rings. The highest BCUT2D eigenvalue weighted by atomic mass is 16.5. The lowest BCUT2D eigenvalue weighted by Gasteiger charge is -2.13. The molecule has 2 aromatic carbocycles. The van der Waals surface area contributed by atoms with E-state index in [1.165, 1.54) is 26.9 Å². The van der Waals surface area contributed by atoms with Crippen molar-refractivity contribution in [2.75, 3.05) is 21.3 Å². The summed E-state index contributed by atoms with van der Waals surface area (Å²) in [6.07, 6.45) is 0. The van der Waals surface area contributed by atoms with Crippen LogP contribution in [-0.2, 0) is 0 Å². The van der Waals surface area contributed by atoms with Crippen molar-refractivity contribution in [3.05, 3.63) is 71.4 Å². The Morgan fingerprint density at radius 1 is 0.852 bits per heavy atom. The molecule has 5 heteroatoms. The van der Waals surface area contributed by atoms with Gasteiger partial charge in [-0.25, -0.2) is 4.98 Å². The molecule has 0 bridgehead atoms. The summed E-state index contributed by atoms with van der Waals surface area (Å²) in [5, 5.41) is 0. The van der Waals surface area contributed by atoms with Crippen LogP contribution in [0, 0.1) is 6.92 Å². The maximum Gasteiger partial charge on any atom is 0.211 e. The summed E-state index contributed by atoms with van der Waals surface area (Å²) in [4.78, 5) is 17.5. The van der Waals surface area contributed by atoms with Gasteiger partial charge < -0.3 is 14.2 Å². The van der Waals surface area contributed by atoms with Gasteiger partial charge in [0.1, 0.15) is 5.69 Å². The molecule has 0 radical (unpaired) electrons. The second-order valence-corrected chi connectivity index (χ2v) is 6.02. The normalized spacial score (nSPS) is 10.4. The van der Waals surface area contributed by atoms with Gasteiger partial charge in [-0.2, -0.15) is 0 Å². The summed E-state index contributed by atoms with van der Waals surface area (Å²) in [7, 11) is 4.55. The molecule has 0 saturated carbocycles. The monoisotopic (exact) mass is 363 g/mol. The van der Waals surface area contributed by atoms with Gasteiger partial charge in [0.2, 0.25) is 11.5 Å². The van der Waals surface area contributed by atoms with Crippen molar-refractivity contribution in [2.45, 2.75) is 6.92 Å². The second-order valence-electron chi connectivity index (χ2n) is 6.02. The van der Waals surface area contributed by atoms with Crippen molar-refractivity contribution >= 4 is 5.78 Å². The molecule has 0 unspecified atom stereocenters. The third-order valence-corrected chi connectivity index (χ3v) is 4.26. The van der Waals surface area contributed by atoms with E-state index in [4.69, 9.17) is 14.2 Å². The molecule has 1 heterocycles. The first kappa shape index (κ1) is 18.5. The zero-order valence-corrected chi connectivity index (χ0v) is 15.8. The summed E-state index contributed by atoms with van der Waals surface area (Å²) < 4.78 is 16.0. The smallest absolute Gasteiger partial charge is 0.211 e. The van der Waals surface area contributed by atoms with E-state index in [-0.39, 0.29) is 5.78 Å². The zero-order chi connectivity index (χ0) is 19.4. The fourth-order valence-corrected chi connectivity index (χ4v) is 2.81. The van der Waals surface area contributed by atoms with Crippen LogP contribution in [0.4, 0.5) is 0 Å². The third kappa shape index (κ3) is 3.77. The van der Waals surface area contributed by atoms with Gasteiger partial charge in [-0.1, -0.05) is 35.9 Å². The lowest BCUT2D eigenvalue weighted by atomic mass is 10.0. The number of benzene rings is 2. The molecule has 0 aliphatic rings. The van der Waals surface area contributed by atoms with Crippen LogP contribution in [0.5, 0.6) is 17.2 Å². The van der Waals surface area contributed by atoms with Gasteiger partial charge in [-0.3, -0.25) is 4.79 Å². The Labute approximate surface area is 158 Å². The van der Waals surface area contributed by atoms with Crippen LogP contribution >= 0.6 is 0 Å². The van der Waals surface area contributed by atoms with E-state index in [1.54, 1.807) is 18.2 Å². The Morgan fingerprint density at radius 3 is 2.04 bits per heavy atom. The molecule has 0 aliphatic heterocycles. The van der Waals surface area contributed by atoms with Crippen LogP contribution in [0.1, 0.15) is 21.6 Å². The molecule has 0 aliphatic carbocycles. The maximum absolute atomic E-state index is 13.0. The molecule has 3 aromatic rings. The average Bonchev–Trinajstić information content (AvgIpc) is 2.72. The molecule has 138 valence electrons. The molecule has 0 amide bonds. The molecule has 1 aromatic heterocycles. The van der Waals surface area contributed by atoms with Crippen LogP contribution in [0.15, 0.2) is 54.6 Å². The van der Waals surface area contributed by atoms with Gasteiger partial charge in [-0.05, 0) is 31.2 Å². The van der Waals surface area contributed by atoms with E-state index in [1.807, 2.05) is 43.3 Å². The number of ketones is 1. The summed E-state index contributed by atoms with van der Waals surface area (Å²) in [5.41, 5.74) is 3.64. The number of carbonyl (C=O) groups is 1. The van der Waals surface area contributed by atoms with Gasteiger partial charge in [0, 0.05) is 11.1 Å². The Balaban J connectivity index is 2.01. The van der Waals surface area contributed by atoms with Crippen molar-refractivity contribution in [3.63, 3.8) is 0 Å². The van der Waals surface area contributed by atoms with Gasteiger partial charge >= 0.3 is 0 Å². The van der Waals surface area contributed by atoms with Gasteiger partial charge in [0.05, 0.1) is 27.0 Å². The minimum Gasteiger partial charge on any atom is -0.493 e. The first-order valence-corrected chi connectivity index (χ1v) is 8.46. The quantitative estimate of drug-likeness (QED) is 0.611. The number of ether oxygens (including phenoxy) is 3. The molecular formula is C22H21NO4. The summed E-state index contributed by atoms with van der Waals surface area (Å²) in [5.74, 6) is 1.07. The van der Waals surface area contributed by atoms with E-state index < -0.39 is 0 Å². The number of aromatic nitrogens is 1. The number of aryl methyl sites for hydroxylation is 1. The highest BCUT2D eigenvalue weighted by Crippen LogP contribution is 2.38. The molecule has 0 N–H and O–H groups in total. The molecular weight excluding hydrogens is 342 g/mol. The molecule has 0 spiro atoms. The lowest BCUT2D eigenvalue weighted by Crippen LogP contribution is -2.06. The highest BCUT2D eigenvalue weighted by molar-refractivity contribution is 6.08. The number of rotatable bonds is 6. The van der Waals surface area contributed by atoms with E-state index >= 15 is 0 Å². The van der Waals surface area contributed by atoms with Crippen LogP contribution in [0.25, 0.3) is 11.3 Å². The first-order chi connectivity index (χ1) is 13.1. The van der Waals surface area contributed by atoms with E-state index in [2.05, 4.69) is 4.98 Å². The minimum absolute atomic E-state index is 0.219. The highest BCUT2D eigenvalue weighted by Gasteiger charge is 2.19. The van der Waals surface area contributed by atoms with E-state index in [9.17, 15) is 4.79 Å². The number of pyridine rings is 1. The van der Waals surface area contributed by atoms with Gasteiger partial charge in [-0.15, -0.1) is 0 Å². The topological polar surface area (TPSA) is 57.7 Å². The van der Waals surface area contributed by atoms with Gasteiger partial charge in [0.15, 0.2) is 11.5 Å². The Kier molecular flexibility index (Phi) is 5.41. The summed E-state index contributed by atoms with van der Waals surface area (Å²) >= 11 is 0. The molecule has 0 saturated heterocycles. The van der Waals surface area contributed by atoms with E-state index in [0.717, 1.165) is 11.3 Å². The fourth-order valence-electron chi connectivity index (χ4n) is 2.81. The maximum atomic E-state index is 13.0. The average molecular weight is 363 g/mol.